The number of hydrogen-bond acceptors (Lipinski definition) is 3. The van der Waals surface area contributed by atoms with Gasteiger partial charge in [-0.25, -0.2) is 14.0 Å². The van der Waals surface area contributed by atoms with Gasteiger partial charge in [0.15, 0.2) is 0 Å². The van der Waals surface area contributed by atoms with E-state index in [1.165, 1.54) is 28.0 Å². The predicted octanol–water partition coefficient (Wildman–Crippen LogP) is 4.16. The highest BCUT2D eigenvalue weighted by Gasteiger charge is 2.34. The van der Waals surface area contributed by atoms with E-state index >= 15 is 0 Å². The normalized spacial score (nSPS) is 16.9. The Labute approximate surface area is 173 Å². The van der Waals surface area contributed by atoms with Gasteiger partial charge in [-0.3, -0.25) is 4.90 Å². The van der Waals surface area contributed by atoms with Gasteiger partial charge in [-0.15, -0.1) is 0 Å². The smallest absolute Gasteiger partial charge is 0.407 e. The van der Waals surface area contributed by atoms with E-state index in [4.69, 9.17) is 5.11 Å². The van der Waals surface area contributed by atoms with Gasteiger partial charge in [-0.2, -0.15) is 5.26 Å². The van der Waals surface area contributed by atoms with Gasteiger partial charge in [0.2, 0.25) is 0 Å². The van der Waals surface area contributed by atoms with Crippen molar-refractivity contribution in [1.82, 2.24) is 9.80 Å². The average molecular weight is 408 g/mol. The topological polar surface area (TPSA) is 87.9 Å². The average Bonchev–Trinajstić information content (AvgIpc) is 2.75. The van der Waals surface area contributed by atoms with Crippen LogP contribution in [0.4, 0.5) is 25.4 Å². The van der Waals surface area contributed by atoms with Gasteiger partial charge in [0.25, 0.3) is 0 Å². The van der Waals surface area contributed by atoms with E-state index in [2.05, 4.69) is 0 Å². The van der Waals surface area contributed by atoms with Crippen LogP contribution in [0, 0.1) is 23.1 Å². The molecule has 2 aromatic rings. The molecule has 0 radical (unpaired) electrons. The molecule has 7 nitrogen and oxygen atoms in total. The third-order valence-electron chi connectivity index (χ3n) is 5.75. The van der Waals surface area contributed by atoms with Crippen LogP contribution >= 0.6 is 0 Å². The number of nitrogens with zero attached hydrogens (tertiary/aromatic N) is 4. The standard InChI is InChI=1S/C22H21FN4O3/c23-19-6-5-18(11-17(19)12-24)27-20-4-2-1-3-16(20)14-26(21(27)28)13-15-7-9-25(10-8-15)22(29)30/h1-6,11,15H,7-10,13-14H2,(H,29,30). The summed E-state index contributed by atoms with van der Waals surface area (Å²) in [4.78, 5) is 29.2. The number of benzene rings is 2. The van der Waals surface area contributed by atoms with Gasteiger partial charge in [0.1, 0.15) is 11.9 Å². The molecule has 4 rings (SSSR count). The highest BCUT2D eigenvalue weighted by molar-refractivity contribution is 6.01. The molecule has 154 valence electrons. The van der Waals surface area contributed by atoms with E-state index in [0.29, 0.717) is 44.7 Å². The maximum absolute atomic E-state index is 13.8. The number of para-hydroxylation sites is 1. The van der Waals surface area contributed by atoms with E-state index in [0.717, 1.165) is 11.3 Å². The van der Waals surface area contributed by atoms with Crippen molar-refractivity contribution in [3.05, 3.63) is 59.4 Å². The zero-order valence-corrected chi connectivity index (χ0v) is 16.3. The molecular weight excluding hydrogens is 387 g/mol. The summed E-state index contributed by atoms with van der Waals surface area (Å²) in [5, 5.41) is 18.3. The summed E-state index contributed by atoms with van der Waals surface area (Å²) in [6.07, 6.45) is 0.492. The summed E-state index contributed by atoms with van der Waals surface area (Å²) in [6, 6.07) is 13.2. The third-order valence-corrected chi connectivity index (χ3v) is 5.75. The summed E-state index contributed by atoms with van der Waals surface area (Å²) < 4.78 is 13.8. The number of amides is 3. The number of anilines is 2. The van der Waals surface area contributed by atoms with Gasteiger partial charge in [-0.05, 0) is 48.6 Å². The van der Waals surface area contributed by atoms with Crippen LogP contribution in [0.5, 0.6) is 0 Å². The Morgan fingerprint density at radius 3 is 2.63 bits per heavy atom. The zero-order chi connectivity index (χ0) is 21.3. The summed E-state index contributed by atoms with van der Waals surface area (Å²) in [5.74, 6) is -0.416. The number of fused-ring (bicyclic) bond motifs is 1. The molecule has 0 spiro atoms. The molecule has 1 N–H and O–H groups in total. The van der Waals surface area contributed by atoms with E-state index in [1.807, 2.05) is 30.3 Å². The van der Waals surface area contributed by atoms with Crippen LogP contribution in [-0.2, 0) is 6.54 Å². The molecule has 2 aliphatic rings. The molecule has 0 atom stereocenters. The second kappa shape index (κ2) is 8.03. The molecule has 0 aromatic heterocycles. The highest BCUT2D eigenvalue weighted by atomic mass is 19.1. The summed E-state index contributed by atoms with van der Waals surface area (Å²) >= 11 is 0. The Morgan fingerprint density at radius 2 is 1.93 bits per heavy atom. The first-order valence-electron chi connectivity index (χ1n) is 9.82. The second-order valence-electron chi connectivity index (χ2n) is 7.62. The molecule has 0 saturated carbocycles. The number of nitriles is 1. The minimum Gasteiger partial charge on any atom is -0.465 e. The summed E-state index contributed by atoms with van der Waals surface area (Å²) in [7, 11) is 0. The monoisotopic (exact) mass is 408 g/mol. The van der Waals surface area contributed by atoms with Crippen LogP contribution < -0.4 is 4.90 Å². The van der Waals surface area contributed by atoms with Crippen LogP contribution in [-0.4, -0.2) is 46.7 Å². The number of halogens is 1. The van der Waals surface area contributed by atoms with Crippen molar-refractivity contribution in [1.29, 1.82) is 5.26 Å². The fraction of sp³-hybridized carbons (Fsp3) is 0.318. The molecule has 3 amide bonds. The van der Waals surface area contributed by atoms with Crippen LogP contribution in [0.15, 0.2) is 42.5 Å². The number of carbonyl (C=O) groups excluding carboxylic acids is 1. The van der Waals surface area contributed by atoms with Crippen LogP contribution in [0.2, 0.25) is 0 Å². The Hall–Kier alpha value is -3.60. The molecule has 0 bridgehead atoms. The van der Waals surface area contributed by atoms with Gasteiger partial charge in [-0.1, -0.05) is 18.2 Å². The summed E-state index contributed by atoms with van der Waals surface area (Å²) in [6.45, 7) is 1.90. The molecular formula is C22H21FN4O3. The van der Waals surface area contributed by atoms with Gasteiger partial charge < -0.3 is 14.9 Å². The lowest BCUT2D eigenvalue weighted by Gasteiger charge is -2.40. The van der Waals surface area contributed by atoms with Crippen molar-refractivity contribution in [2.45, 2.75) is 19.4 Å². The molecule has 30 heavy (non-hydrogen) atoms. The number of urea groups is 1. The Balaban J connectivity index is 1.61. The highest BCUT2D eigenvalue weighted by Crippen LogP contribution is 2.36. The minimum atomic E-state index is -0.910. The SMILES string of the molecule is N#Cc1cc(N2C(=O)N(CC3CCN(C(=O)O)CC3)Cc3ccccc32)ccc1F. The van der Waals surface area contributed by atoms with Crippen molar-refractivity contribution in [3.8, 4) is 6.07 Å². The molecule has 0 unspecified atom stereocenters. The van der Waals surface area contributed by atoms with Crippen molar-refractivity contribution in [3.63, 3.8) is 0 Å². The van der Waals surface area contributed by atoms with Crippen LogP contribution in [0.1, 0.15) is 24.0 Å². The minimum absolute atomic E-state index is 0.115. The first kappa shape index (κ1) is 19.7. The fourth-order valence-electron chi connectivity index (χ4n) is 4.13. The van der Waals surface area contributed by atoms with Crippen molar-refractivity contribution < 1.29 is 19.1 Å². The van der Waals surface area contributed by atoms with E-state index in [1.54, 1.807) is 4.90 Å². The predicted molar refractivity (Wildman–Crippen MR) is 108 cm³/mol. The first-order chi connectivity index (χ1) is 14.5. The third kappa shape index (κ3) is 3.66. The Bertz CT molecular complexity index is 1030. The number of rotatable bonds is 3. The maximum atomic E-state index is 13.8. The largest absolute Gasteiger partial charge is 0.465 e. The number of carbonyl (C=O) groups is 2. The maximum Gasteiger partial charge on any atom is 0.407 e. The van der Waals surface area contributed by atoms with E-state index < -0.39 is 11.9 Å². The fourth-order valence-corrected chi connectivity index (χ4v) is 4.13. The molecule has 8 heteroatoms. The second-order valence-corrected chi connectivity index (χ2v) is 7.62. The lowest BCUT2D eigenvalue weighted by molar-refractivity contribution is 0.115. The van der Waals surface area contributed by atoms with Gasteiger partial charge in [0, 0.05) is 26.2 Å². The van der Waals surface area contributed by atoms with Gasteiger partial charge in [0.05, 0.1) is 16.9 Å². The van der Waals surface area contributed by atoms with E-state index in [9.17, 15) is 19.2 Å². The van der Waals surface area contributed by atoms with E-state index in [-0.39, 0.29) is 17.5 Å². The Kier molecular flexibility index (Phi) is 5.27. The molecule has 2 aromatic carbocycles. The quantitative estimate of drug-likeness (QED) is 0.826. The molecule has 2 aliphatic heterocycles. The van der Waals surface area contributed by atoms with Gasteiger partial charge >= 0.3 is 12.1 Å². The summed E-state index contributed by atoms with van der Waals surface area (Å²) in [5.41, 5.74) is 2.00. The number of likely N-dealkylation sites (tertiary alicyclic amines) is 1. The molecule has 1 fully saturated rings. The molecule has 2 heterocycles. The van der Waals surface area contributed by atoms with Crippen molar-refractivity contribution in [2.24, 2.45) is 5.92 Å². The molecule has 1 saturated heterocycles. The number of hydrogen-bond donors (Lipinski definition) is 1. The lowest BCUT2D eigenvalue weighted by Crippen LogP contribution is -2.48. The number of carboxylic acid groups (broad SMARTS) is 1. The van der Waals surface area contributed by atoms with Crippen LogP contribution in [0.25, 0.3) is 0 Å². The number of piperidine rings is 1. The lowest BCUT2D eigenvalue weighted by atomic mass is 9.95. The van der Waals surface area contributed by atoms with Crippen molar-refractivity contribution in [2.75, 3.05) is 24.5 Å². The van der Waals surface area contributed by atoms with Crippen molar-refractivity contribution >= 4 is 23.5 Å². The first-order valence-corrected chi connectivity index (χ1v) is 9.82. The molecule has 0 aliphatic carbocycles. The Morgan fingerprint density at radius 1 is 1.20 bits per heavy atom. The zero-order valence-electron chi connectivity index (χ0n) is 16.3. The van der Waals surface area contributed by atoms with Crippen LogP contribution in [0.3, 0.4) is 0 Å².